The summed E-state index contributed by atoms with van der Waals surface area (Å²) in [4.78, 5) is 14.3. The molecular weight excluding hydrogens is 633 g/mol. The van der Waals surface area contributed by atoms with Crippen molar-refractivity contribution in [2.24, 2.45) is 5.11 Å². The Balaban J connectivity index is 1.15. The second-order valence-electron chi connectivity index (χ2n) is 10.4. The lowest BCUT2D eigenvalue weighted by molar-refractivity contribution is -0.137. The van der Waals surface area contributed by atoms with Crippen LogP contribution in [0.4, 0.5) is 13.2 Å². The number of aromatic amines is 1. The van der Waals surface area contributed by atoms with Crippen LogP contribution in [0.15, 0.2) is 72.0 Å². The molecule has 48 heavy (non-hydrogen) atoms. The van der Waals surface area contributed by atoms with Gasteiger partial charge in [0.25, 0.3) is 0 Å². The molecule has 0 aliphatic rings. The van der Waals surface area contributed by atoms with Gasteiger partial charge in [0, 0.05) is 28.8 Å². The monoisotopic (exact) mass is 666 g/mol. The highest BCUT2D eigenvalue weighted by Gasteiger charge is 2.30. The van der Waals surface area contributed by atoms with E-state index in [-0.39, 0.29) is 11.8 Å². The van der Waals surface area contributed by atoms with E-state index in [1.807, 2.05) is 24.3 Å². The largest absolute Gasteiger partial charge is 0.493 e. The summed E-state index contributed by atoms with van der Waals surface area (Å²) in [6, 6.07) is 15.7. The van der Waals surface area contributed by atoms with Crippen molar-refractivity contribution in [2.45, 2.75) is 19.0 Å². The van der Waals surface area contributed by atoms with Crippen molar-refractivity contribution >= 4 is 11.2 Å². The standard InChI is InChI=1S/C32H33F3N8O5/c33-32(34,35)24-8-6-23(7-9-24)28-26(30(44)43(41-28)31-39-27-2-1-13-37-29(27)40-31)12-5-22-3-10-25(11-4-22)48-21-20-47-19-18-46-17-16-45-15-14-38-42-36/h1-4,6-11,13,44H,5,12,14-21H2,(H,37,39,40). The van der Waals surface area contributed by atoms with Gasteiger partial charge in [-0.05, 0) is 60.3 Å². The maximum absolute atomic E-state index is 13.2. The fraction of sp³-hybridized carbons (Fsp3) is 0.344. The number of H-pyrrole nitrogens is 1. The average molecular weight is 667 g/mol. The number of halogens is 3. The van der Waals surface area contributed by atoms with Gasteiger partial charge in [0.15, 0.2) is 5.65 Å². The van der Waals surface area contributed by atoms with Gasteiger partial charge in [-0.3, -0.25) is 0 Å². The van der Waals surface area contributed by atoms with Gasteiger partial charge in [-0.1, -0.05) is 29.4 Å². The summed E-state index contributed by atoms with van der Waals surface area (Å²) < 4.78 is 62.8. The van der Waals surface area contributed by atoms with Crippen LogP contribution in [0.2, 0.25) is 0 Å². The predicted molar refractivity (Wildman–Crippen MR) is 169 cm³/mol. The number of alkyl halides is 3. The number of hydrogen-bond donors (Lipinski definition) is 2. The molecule has 0 radical (unpaired) electrons. The molecular formula is C32H33F3N8O5. The second kappa shape index (κ2) is 16.6. The summed E-state index contributed by atoms with van der Waals surface area (Å²) in [5, 5.41) is 19.2. The molecule has 252 valence electrons. The second-order valence-corrected chi connectivity index (χ2v) is 10.4. The number of nitrogens with zero attached hydrogens (tertiary/aromatic N) is 7. The Hall–Kier alpha value is -5.15. The Kier molecular flexibility index (Phi) is 11.8. The molecule has 0 saturated carbocycles. The normalized spacial score (nSPS) is 11.6. The maximum Gasteiger partial charge on any atom is 0.416 e. The van der Waals surface area contributed by atoms with Crippen LogP contribution in [0.25, 0.3) is 38.8 Å². The lowest BCUT2D eigenvalue weighted by atomic mass is 10.00. The van der Waals surface area contributed by atoms with E-state index in [1.54, 1.807) is 18.3 Å². The summed E-state index contributed by atoms with van der Waals surface area (Å²) >= 11 is 0. The van der Waals surface area contributed by atoms with Crippen molar-refractivity contribution in [2.75, 3.05) is 52.8 Å². The number of benzene rings is 2. The van der Waals surface area contributed by atoms with E-state index in [4.69, 9.17) is 24.5 Å². The summed E-state index contributed by atoms with van der Waals surface area (Å²) in [5.74, 6) is 0.713. The highest BCUT2D eigenvalue weighted by molar-refractivity contribution is 5.72. The van der Waals surface area contributed by atoms with Gasteiger partial charge in [-0.2, -0.15) is 27.9 Å². The molecule has 0 aliphatic heterocycles. The highest BCUT2D eigenvalue weighted by Crippen LogP contribution is 2.35. The zero-order valence-electron chi connectivity index (χ0n) is 25.8. The molecule has 2 aromatic carbocycles. The number of aryl methyl sites for hydroxylation is 1. The first kappa shape index (κ1) is 34.2. The molecule has 5 rings (SSSR count). The third-order valence-corrected chi connectivity index (χ3v) is 7.11. The van der Waals surface area contributed by atoms with E-state index in [9.17, 15) is 18.3 Å². The van der Waals surface area contributed by atoms with E-state index in [1.165, 1.54) is 16.8 Å². The average Bonchev–Trinajstić information content (AvgIpc) is 3.66. The lowest BCUT2D eigenvalue weighted by Crippen LogP contribution is -2.13. The SMILES string of the molecule is [N-]=[N+]=NCCOCCOCCOCCOc1ccc(CCc2c(-c3ccc(C(F)(F)F)cc3)nn(-c3nc4ncccc4[nH]3)c2O)cc1. The Morgan fingerprint density at radius 1 is 0.875 bits per heavy atom. The van der Waals surface area contributed by atoms with E-state index < -0.39 is 11.7 Å². The van der Waals surface area contributed by atoms with Crippen molar-refractivity contribution in [1.82, 2.24) is 24.7 Å². The third kappa shape index (κ3) is 9.23. The highest BCUT2D eigenvalue weighted by atomic mass is 19.4. The zero-order valence-corrected chi connectivity index (χ0v) is 25.8. The molecule has 0 unspecified atom stereocenters. The molecule has 0 saturated heterocycles. The molecule has 0 atom stereocenters. The summed E-state index contributed by atoms with van der Waals surface area (Å²) in [6.07, 6.45) is -2.03. The van der Waals surface area contributed by atoms with Gasteiger partial charge in [-0.15, -0.1) is 0 Å². The summed E-state index contributed by atoms with van der Waals surface area (Å²) in [6.45, 7) is 3.02. The van der Waals surface area contributed by atoms with Crippen molar-refractivity contribution in [3.05, 3.63) is 94.0 Å². The van der Waals surface area contributed by atoms with Crippen LogP contribution in [0.3, 0.4) is 0 Å². The van der Waals surface area contributed by atoms with E-state index in [2.05, 4.69) is 30.1 Å². The number of hydrogen-bond acceptors (Lipinski definition) is 9. The smallest absolute Gasteiger partial charge is 0.416 e. The molecule has 0 fully saturated rings. The number of imidazole rings is 1. The van der Waals surface area contributed by atoms with E-state index >= 15 is 0 Å². The Labute approximate surface area is 272 Å². The minimum atomic E-state index is -4.48. The third-order valence-electron chi connectivity index (χ3n) is 7.11. The van der Waals surface area contributed by atoms with Crippen molar-refractivity contribution < 1.29 is 37.2 Å². The molecule has 3 aromatic heterocycles. The van der Waals surface area contributed by atoms with E-state index in [0.717, 1.165) is 17.7 Å². The molecule has 16 heteroatoms. The Morgan fingerprint density at radius 3 is 2.23 bits per heavy atom. The molecule has 0 bridgehead atoms. The predicted octanol–water partition coefficient (Wildman–Crippen LogP) is 6.06. The minimum Gasteiger partial charge on any atom is -0.493 e. The first-order valence-electron chi connectivity index (χ1n) is 15.1. The van der Waals surface area contributed by atoms with Gasteiger partial charge in [0.05, 0.1) is 50.7 Å². The molecule has 2 N–H and O–H groups in total. The quantitative estimate of drug-likeness (QED) is 0.0493. The molecule has 0 amide bonds. The van der Waals surface area contributed by atoms with Gasteiger partial charge >= 0.3 is 6.18 Å². The van der Waals surface area contributed by atoms with Crippen molar-refractivity contribution in [3.63, 3.8) is 0 Å². The first-order chi connectivity index (χ1) is 23.3. The molecule has 3 heterocycles. The fourth-order valence-electron chi connectivity index (χ4n) is 4.73. The molecule has 5 aromatic rings. The van der Waals surface area contributed by atoms with Crippen LogP contribution >= 0.6 is 0 Å². The van der Waals surface area contributed by atoms with Crippen LogP contribution in [-0.4, -0.2) is 82.6 Å². The van der Waals surface area contributed by atoms with E-state index in [0.29, 0.717) is 99.4 Å². The number of aromatic hydroxyl groups is 1. The Morgan fingerprint density at radius 2 is 1.56 bits per heavy atom. The van der Waals surface area contributed by atoms with Crippen LogP contribution in [0.1, 0.15) is 16.7 Å². The molecule has 0 aliphatic carbocycles. The Bertz CT molecular complexity index is 1770. The number of rotatable bonds is 18. The molecule has 0 spiro atoms. The number of nitrogens with one attached hydrogen (secondary N) is 1. The van der Waals surface area contributed by atoms with Gasteiger partial charge < -0.3 is 29.0 Å². The number of aromatic nitrogens is 5. The lowest BCUT2D eigenvalue weighted by Gasteiger charge is -2.09. The van der Waals surface area contributed by atoms with Gasteiger partial charge in [-0.25, -0.2) is 4.98 Å². The van der Waals surface area contributed by atoms with Crippen LogP contribution < -0.4 is 4.74 Å². The fourth-order valence-corrected chi connectivity index (χ4v) is 4.73. The number of fused-ring (bicyclic) bond motifs is 1. The molecule has 13 nitrogen and oxygen atoms in total. The van der Waals surface area contributed by atoms with Crippen molar-refractivity contribution in [1.29, 1.82) is 0 Å². The van der Waals surface area contributed by atoms with Crippen molar-refractivity contribution in [3.8, 4) is 28.8 Å². The van der Waals surface area contributed by atoms with Gasteiger partial charge in [0.1, 0.15) is 18.1 Å². The number of pyridine rings is 1. The maximum atomic E-state index is 13.2. The van der Waals surface area contributed by atoms with Crippen LogP contribution in [-0.2, 0) is 33.2 Å². The first-order valence-corrected chi connectivity index (χ1v) is 15.1. The minimum absolute atomic E-state index is 0.176. The number of ether oxygens (including phenoxy) is 4. The van der Waals surface area contributed by atoms with Crippen LogP contribution in [0, 0.1) is 0 Å². The summed E-state index contributed by atoms with van der Waals surface area (Å²) in [7, 11) is 0. The topological polar surface area (TPSA) is 165 Å². The number of azide groups is 1. The summed E-state index contributed by atoms with van der Waals surface area (Å²) in [5.41, 5.74) is 10.7. The zero-order chi connectivity index (χ0) is 33.8. The van der Waals surface area contributed by atoms with Crippen LogP contribution in [0.5, 0.6) is 11.6 Å². The van der Waals surface area contributed by atoms with Gasteiger partial charge in [0.2, 0.25) is 11.8 Å².